The molecular formula is C12H22O. The maximum absolute atomic E-state index is 9.97. The lowest BCUT2D eigenvalue weighted by Crippen LogP contribution is -2.27. The van der Waals surface area contributed by atoms with E-state index in [1.54, 1.807) is 0 Å². The summed E-state index contributed by atoms with van der Waals surface area (Å²) in [5, 5.41) is 9.97. The number of aliphatic hydroxyl groups is 1. The normalized spacial score (nSPS) is 37.4. The second kappa shape index (κ2) is 4.00. The highest BCUT2D eigenvalue weighted by molar-refractivity contribution is 4.87. The maximum atomic E-state index is 9.97. The predicted molar refractivity (Wildman–Crippen MR) is 54.5 cm³/mol. The minimum absolute atomic E-state index is 0.0535. The molecule has 0 amide bonds. The monoisotopic (exact) mass is 182 g/mol. The van der Waals surface area contributed by atoms with Gasteiger partial charge in [0.25, 0.3) is 0 Å². The summed E-state index contributed by atoms with van der Waals surface area (Å²) >= 11 is 0. The molecule has 1 nitrogen and oxygen atoms in total. The molecule has 2 rings (SSSR count). The lowest BCUT2D eigenvalue weighted by molar-refractivity contribution is 0.0559. The van der Waals surface area contributed by atoms with Crippen LogP contribution >= 0.6 is 0 Å². The fraction of sp³-hybridized carbons (Fsp3) is 1.00. The van der Waals surface area contributed by atoms with Crippen molar-refractivity contribution in [3.05, 3.63) is 0 Å². The number of rotatable bonds is 3. The molecule has 0 spiro atoms. The Bertz CT molecular complexity index is 155. The van der Waals surface area contributed by atoms with Gasteiger partial charge in [0.05, 0.1) is 6.10 Å². The van der Waals surface area contributed by atoms with Crippen molar-refractivity contribution in [1.29, 1.82) is 0 Å². The Kier molecular flexibility index (Phi) is 2.92. The summed E-state index contributed by atoms with van der Waals surface area (Å²) in [5.41, 5.74) is 0. The summed E-state index contributed by atoms with van der Waals surface area (Å²) < 4.78 is 0. The third-order valence-electron chi connectivity index (χ3n) is 4.06. The molecule has 0 radical (unpaired) electrons. The van der Waals surface area contributed by atoms with Gasteiger partial charge in [0.15, 0.2) is 0 Å². The second-order valence-electron chi connectivity index (χ2n) is 5.02. The van der Waals surface area contributed by atoms with Gasteiger partial charge in [-0.2, -0.15) is 0 Å². The van der Waals surface area contributed by atoms with Crippen LogP contribution in [0.4, 0.5) is 0 Å². The Hall–Kier alpha value is -0.0400. The zero-order valence-corrected chi connectivity index (χ0v) is 8.71. The molecule has 1 atom stereocenters. The van der Waals surface area contributed by atoms with Crippen molar-refractivity contribution in [1.82, 2.24) is 0 Å². The van der Waals surface area contributed by atoms with E-state index in [0.29, 0.717) is 11.8 Å². The first-order valence-corrected chi connectivity index (χ1v) is 5.99. The average Bonchev–Trinajstić information content (AvgIpc) is 3.00. The highest BCUT2D eigenvalue weighted by Crippen LogP contribution is 2.41. The molecule has 0 saturated heterocycles. The van der Waals surface area contributed by atoms with Gasteiger partial charge in [-0.05, 0) is 43.4 Å². The Morgan fingerprint density at radius 3 is 1.85 bits per heavy atom. The van der Waals surface area contributed by atoms with Gasteiger partial charge in [-0.15, -0.1) is 0 Å². The van der Waals surface area contributed by atoms with Crippen LogP contribution in [0.15, 0.2) is 0 Å². The van der Waals surface area contributed by atoms with Crippen LogP contribution in [-0.4, -0.2) is 11.2 Å². The first kappa shape index (κ1) is 9.51. The summed E-state index contributed by atoms with van der Waals surface area (Å²) in [6.45, 7) is 2.29. The summed E-state index contributed by atoms with van der Waals surface area (Å²) in [7, 11) is 0. The van der Waals surface area contributed by atoms with E-state index in [9.17, 15) is 5.11 Å². The van der Waals surface area contributed by atoms with Gasteiger partial charge < -0.3 is 5.11 Å². The topological polar surface area (TPSA) is 20.2 Å². The lowest BCUT2D eigenvalue weighted by Gasteiger charge is -2.31. The van der Waals surface area contributed by atoms with Gasteiger partial charge in [0.1, 0.15) is 0 Å². The smallest absolute Gasteiger partial charge is 0.0596 e. The van der Waals surface area contributed by atoms with Crippen LogP contribution in [0.25, 0.3) is 0 Å². The molecule has 0 aliphatic heterocycles. The zero-order chi connectivity index (χ0) is 9.26. The molecule has 2 aliphatic rings. The minimum Gasteiger partial charge on any atom is -0.393 e. The molecule has 2 fully saturated rings. The van der Waals surface area contributed by atoms with Crippen LogP contribution in [0, 0.1) is 17.8 Å². The van der Waals surface area contributed by atoms with Crippen molar-refractivity contribution in [3.63, 3.8) is 0 Å². The molecule has 13 heavy (non-hydrogen) atoms. The molecule has 1 N–H and O–H groups in total. The molecule has 0 aromatic rings. The first-order valence-electron chi connectivity index (χ1n) is 5.99. The fourth-order valence-electron chi connectivity index (χ4n) is 2.76. The van der Waals surface area contributed by atoms with E-state index in [4.69, 9.17) is 0 Å². The molecule has 76 valence electrons. The van der Waals surface area contributed by atoms with Gasteiger partial charge in [-0.3, -0.25) is 0 Å². The molecule has 0 aromatic carbocycles. The van der Waals surface area contributed by atoms with Crippen LogP contribution in [-0.2, 0) is 0 Å². The number of hydrogen-bond acceptors (Lipinski definition) is 1. The quantitative estimate of drug-likeness (QED) is 0.711. The SMILES string of the molecule is CCC1CCC(C(O)C2CC2)CC1. The highest BCUT2D eigenvalue weighted by atomic mass is 16.3. The molecule has 2 saturated carbocycles. The van der Waals surface area contributed by atoms with Gasteiger partial charge in [0, 0.05) is 0 Å². The highest BCUT2D eigenvalue weighted by Gasteiger charge is 2.36. The third kappa shape index (κ3) is 2.25. The Balaban J connectivity index is 1.76. The van der Waals surface area contributed by atoms with E-state index < -0.39 is 0 Å². The average molecular weight is 182 g/mol. The van der Waals surface area contributed by atoms with E-state index in [1.165, 1.54) is 44.9 Å². The van der Waals surface area contributed by atoms with E-state index in [0.717, 1.165) is 5.92 Å². The number of hydrogen-bond donors (Lipinski definition) is 1. The van der Waals surface area contributed by atoms with Crippen molar-refractivity contribution in [2.45, 2.75) is 58.0 Å². The fourth-order valence-corrected chi connectivity index (χ4v) is 2.76. The zero-order valence-electron chi connectivity index (χ0n) is 8.71. The predicted octanol–water partition coefficient (Wildman–Crippen LogP) is 2.97. The van der Waals surface area contributed by atoms with E-state index in [2.05, 4.69) is 6.92 Å². The summed E-state index contributed by atoms with van der Waals surface area (Å²) in [6, 6.07) is 0. The summed E-state index contributed by atoms with van der Waals surface area (Å²) in [6.07, 6.45) is 9.27. The standard InChI is InChI=1S/C12H22O/c1-2-9-3-5-10(6-4-9)12(13)11-7-8-11/h9-13H,2-8H2,1H3. The second-order valence-corrected chi connectivity index (χ2v) is 5.02. The molecule has 2 aliphatic carbocycles. The van der Waals surface area contributed by atoms with Crippen LogP contribution in [0.5, 0.6) is 0 Å². The van der Waals surface area contributed by atoms with E-state index in [1.807, 2.05) is 0 Å². The van der Waals surface area contributed by atoms with Crippen LogP contribution in [0.3, 0.4) is 0 Å². The van der Waals surface area contributed by atoms with E-state index in [-0.39, 0.29) is 6.10 Å². The molecule has 0 bridgehead atoms. The number of aliphatic hydroxyl groups excluding tert-OH is 1. The molecular weight excluding hydrogens is 160 g/mol. The molecule has 1 unspecified atom stereocenters. The van der Waals surface area contributed by atoms with Crippen molar-refractivity contribution in [2.24, 2.45) is 17.8 Å². The van der Waals surface area contributed by atoms with Gasteiger partial charge in [-0.1, -0.05) is 26.2 Å². The van der Waals surface area contributed by atoms with Crippen LogP contribution in [0.1, 0.15) is 51.9 Å². The van der Waals surface area contributed by atoms with Gasteiger partial charge in [0.2, 0.25) is 0 Å². The van der Waals surface area contributed by atoms with Gasteiger partial charge >= 0.3 is 0 Å². The van der Waals surface area contributed by atoms with Crippen LogP contribution < -0.4 is 0 Å². The first-order chi connectivity index (χ1) is 6.31. The van der Waals surface area contributed by atoms with Crippen molar-refractivity contribution in [2.75, 3.05) is 0 Å². The molecule has 1 heteroatoms. The molecule has 0 aromatic heterocycles. The minimum atomic E-state index is 0.0535. The maximum Gasteiger partial charge on any atom is 0.0596 e. The van der Waals surface area contributed by atoms with Crippen LogP contribution in [0.2, 0.25) is 0 Å². The van der Waals surface area contributed by atoms with E-state index >= 15 is 0 Å². The Labute approximate surface area is 81.5 Å². The largest absolute Gasteiger partial charge is 0.393 e. The van der Waals surface area contributed by atoms with Crippen molar-refractivity contribution in [3.8, 4) is 0 Å². The lowest BCUT2D eigenvalue weighted by atomic mass is 9.77. The summed E-state index contributed by atoms with van der Waals surface area (Å²) in [4.78, 5) is 0. The van der Waals surface area contributed by atoms with Gasteiger partial charge in [-0.25, -0.2) is 0 Å². The van der Waals surface area contributed by atoms with Crippen molar-refractivity contribution < 1.29 is 5.11 Å². The Morgan fingerprint density at radius 2 is 1.46 bits per heavy atom. The Morgan fingerprint density at radius 1 is 1.00 bits per heavy atom. The van der Waals surface area contributed by atoms with Crippen molar-refractivity contribution >= 4 is 0 Å². The summed E-state index contributed by atoms with van der Waals surface area (Å²) in [5.74, 6) is 2.29. The molecule has 0 heterocycles. The third-order valence-corrected chi connectivity index (χ3v) is 4.06.